The number of carbonyl (C=O) groups excluding carboxylic acids is 1. The van der Waals surface area contributed by atoms with Crippen LogP contribution in [0.15, 0.2) is 29.3 Å². The van der Waals surface area contributed by atoms with Gasteiger partial charge in [-0.15, -0.1) is 0 Å². The van der Waals surface area contributed by atoms with Crippen LogP contribution in [0.25, 0.3) is 0 Å². The summed E-state index contributed by atoms with van der Waals surface area (Å²) in [5.41, 5.74) is 1.02. The van der Waals surface area contributed by atoms with E-state index in [1.165, 1.54) is 0 Å². The molecule has 1 aromatic rings. The lowest BCUT2D eigenvalue weighted by atomic mass is 10.1. The number of ether oxygens (including phenoxy) is 3. The van der Waals surface area contributed by atoms with Gasteiger partial charge in [-0.2, -0.15) is 0 Å². The van der Waals surface area contributed by atoms with Gasteiger partial charge in [-0.05, 0) is 31.0 Å². The van der Waals surface area contributed by atoms with Gasteiger partial charge in [0.05, 0.1) is 26.9 Å². The Bertz CT molecular complexity index is 636. The number of hydrogen-bond acceptors (Lipinski definition) is 5. The molecule has 8 nitrogen and oxygen atoms in total. The van der Waals surface area contributed by atoms with E-state index >= 15 is 0 Å². The van der Waals surface area contributed by atoms with E-state index < -0.39 is 0 Å². The Morgan fingerprint density at radius 2 is 2.00 bits per heavy atom. The van der Waals surface area contributed by atoms with Crippen molar-refractivity contribution in [2.75, 3.05) is 60.2 Å². The summed E-state index contributed by atoms with van der Waals surface area (Å²) in [6.07, 6.45) is 1.06. The second kappa shape index (κ2) is 13.0. The lowest BCUT2D eigenvalue weighted by Crippen LogP contribution is -2.41. The van der Waals surface area contributed by atoms with Gasteiger partial charge in [0.2, 0.25) is 5.91 Å². The van der Waals surface area contributed by atoms with Crippen LogP contribution < -0.4 is 15.4 Å². The Morgan fingerprint density at radius 1 is 1.21 bits per heavy atom. The van der Waals surface area contributed by atoms with Crippen molar-refractivity contribution in [1.82, 2.24) is 15.5 Å². The molecule has 0 spiro atoms. The Labute approximate surface area is 173 Å². The Balaban J connectivity index is 1.77. The summed E-state index contributed by atoms with van der Waals surface area (Å²) in [5.74, 6) is 1.95. The van der Waals surface area contributed by atoms with Crippen LogP contribution in [0, 0.1) is 5.92 Å². The highest BCUT2D eigenvalue weighted by atomic mass is 16.5. The zero-order chi connectivity index (χ0) is 20.9. The molecule has 2 N–H and O–H groups in total. The molecule has 1 aliphatic rings. The fourth-order valence-electron chi connectivity index (χ4n) is 3.13. The lowest BCUT2D eigenvalue weighted by molar-refractivity contribution is -0.119. The number of hydrogen-bond donors (Lipinski definition) is 2. The van der Waals surface area contributed by atoms with Gasteiger partial charge < -0.3 is 29.7 Å². The van der Waals surface area contributed by atoms with Crippen LogP contribution in [-0.2, 0) is 20.8 Å². The largest absolute Gasteiger partial charge is 0.497 e. The Hall–Kier alpha value is -2.32. The molecule has 0 bridgehead atoms. The topological polar surface area (TPSA) is 84.4 Å². The van der Waals surface area contributed by atoms with Crippen molar-refractivity contribution in [3.8, 4) is 5.75 Å². The van der Waals surface area contributed by atoms with Crippen LogP contribution in [-0.4, -0.2) is 77.0 Å². The summed E-state index contributed by atoms with van der Waals surface area (Å²) < 4.78 is 15.8. The van der Waals surface area contributed by atoms with Gasteiger partial charge in [0, 0.05) is 39.2 Å². The molecular formula is C21H34N4O4. The number of rotatable bonds is 11. The molecule has 0 aliphatic carbocycles. The van der Waals surface area contributed by atoms with Crippen molar-refractivity contribution >= 4 is 11.9 Å². The van der Waals surface area contributed by atoms with Crippen LogP contribution >= 0.6 is 0 Å². The lowest BCUT2D eigenvalue weighted by Gasteiger charge is -2.21. The molecule has 1 amide bonds. The van der Waals surface area contributed by atoms with Gasteiger partial charge in [-0.25, -0.2) is 4.99 Å². The van der Waals surface area contributed by atoms with Crippen LogP contribution in [0.3, 0.4) is 0 Å². The van der Waals surface area contributed by atoms with Crippen molar-refractivity contribution in [2.45, 2.75) is 19.9 Å². The molecule has 0 saturated carbocycles. The molecular weight excluding hydrogens is 372 g/mol. The third-order valence-corrected chi connectivity index (χ3v) is 4.73. The number of nitrogens with one attached hydrogen (secondary N) is 2. The first-order valence-electron chi connectivity index (χ1n) is 10.2. The van der Waals surface area contributed by atoms with Crippen molar-refractivity contribution in [1.29, 1.82) is 0 Å². The Morgan fingerprint density at radius 3 is 2.69 bits per heavy atom. The van der Waals surface area contributed by atoms with E-state index in [4.69, 9.17) is 14.2 Å². The average Bonchev–Trinajstić information content (AvgIpc) is 3.22. The van der Waals surface area contributed by atoms with Crippen molar-refractivity contribution in [3.05, 3.63) is 29.8 Å². The van der Waals surface area contributed by atoms with Crippen LogP contribution in [0.2, 0.25) is 0 Å². The van der Waals surface area contributed by atoms with Crippen LogP contribution in [0.5, 0.6) is 5.75 Å². The summed E-state index contributed by atoms with van der Waals surface area (Å²) in [4.78, 5) is 18.9. The van der Waals surface area contributed by atoms with Gasteiger partial charge in [0.15, 0.2) is 5.96 Å². The first-order valence-corrected chi connectivity index (χ1v) is 10.2. The fourth-order valence-corrected chi connectivity index (χ4v) is 3.13. The minimum Gasteiger partial charge on any atom is -0.497 e. The fraction of sp³-hybridized carbons (Fsp3) is 0.619. The number of methoxy groups -OCH3 is 2. The number of guanidine groups is 1. The second-order valence-electron chi connectivity index (χ2n) is 6.96. The molecule has 1 heterocycles. The number of nitrogens with zero attached hydrogens (tertiary/aromatic N) is 2. The third kappa shape index (κ3) is 8.29. The zero-order valence-corrected chi connectivity index (χ0v) is 17.8. The quantitative estimate of drug-likeness (QED) is 0.327. The van der Waals surface area contributed by atoms with Crippen molar-refractivity contribution in [2.24, 2.45) is 10.9 Å². The second-order valence-corrected chi connectivity index (χ2v) is 6.96. The zero-order valence-electron chi connectivity index (χ0n) is 17.8. The van der Waals surface area contributed by atoms with E-state index in [1.807, 2.05) is 31.2 Å². The molecule has 2 rings (SSSR count). The van der Waals surface area contributed by atoms with E-state index in [9.17, 15) is 4.79 Å². The maximum atomic E-state index is 12.2. The first-order chi connectivity index (χ1) is 14.2. The summed E-state index contributed by atoms with van der Waals surface area (Å²) in [6, 6.07) is 7.63. The third-order valence-electron chi connectivity index (χ3n) is 4.73. The first kappa shape index (κ1) is 23.0. The van der Waals surface area contributed by atoms with Gasteiger partial charge in [0.25, 0.3) is 0 Å². The van der Waals surface area contributed by atoms with E-state index in [0.717, 1.165) is 49.9 Å². The molecule has 1 saturated heterocycles. The summed E-state index contributed by atoms with van der Waals surface area (Å²) in [6.45, 7) is 7.12. The molecule has 162 valence electrons. The number of amides is 1. The molecule has 0 aromatic heterocycles. The number of benzene rings is 1. The van der Waals surface area contributed by atoms with E-state index in [1.54, 1.807) is 14.2 Å². The number of carbonyl (C=O) groups is 1. The highest BCUT2D eigenvalue weighted by Crippen LogP contribution is 2.16. The summed E-state index contributed by atoms with van der Waals surface area (Å²) in [5, 5.41) is 6.19. The molecule has 8 heteroatoms. The summed E-state index contributed by atoms with van der Waals surface area (Å²) in [7, 11) is 3.31. The molecule has 1 aromatic carbocycles. The van der Waals surface area contributed by atoms with E-state index in [-0.39, 0.29) is 12.5 Å². The monoisotopic (exact) mass is 406 g/mol. The normalized spacial score (nSPS) is 16.7. The molecule has 29 heavy (non-hydrogen) atoms. The predicted molar refractivity (Wildman–Crippen MR) is 113 cm³/mol. The van der Waals surface area contributed by atoms with Crippen molar-refractivity contribution in [3.63, 3.8) is 0 Å². The number of aliphatic imine (C=N–C) groups is 1. The predicted octanol–water partition coefficient (Wildman–Crippen LogP) is 1.26. The van der Waals surface area contributed by atoms with Gasteiger partial charge >= 0.3 is 0 Å². The Kier molecular flexibility index (Phi) is 10.3. The molecule has 1 atom stereocenters. The summed E-state index contributed by atoms with van der Waals surface area (Å²) >= 11 is 0. The van der Waals surface area contributed by atoms with Crippen LogP contribution in [0.4, 0.5) is 0 Å². The molecule has 1 fully saturated rings. The average molecular weight is 407 g/mol. The highest BCUT2D eigenvalue weighted by molar-refractivity contribution is 5.85. The van der Waals surface area contributed by atoms with E-state index in [2.05, 4.69) is 20.5 Å². The number of likely N-dealkylation sites (tertiary alicyclic amines) is 1. The standard InChI is InChI=1S/C21H34N4O4/c1-4-22-21(25-10-9-18(15-25)16-29-12-11-27-2)24-14-20(26)23-13-17-5-7-19(28-3)8-6-17/h5-8,18H,4,9-16H2,1-3H3,(H,22,24)(H,23,26). The van der Waals surface area contributed by atoms with E-state index in [0.29, 0.717) is 25.7 Å². The maximum Gasteiger partial charge on any atom is 0.242 e. The maximum absolute atomic E-state index is 12.2. The highest BCUT2D eigenvalue weighted by Gasteiger charge is 2.25. The van der Waals surface area contributed by atoms with Crippen molar-refractivity contribution < 1.29 is 19.0 Å². The molecule has 0 radical (unpaired) electrons. The molecule has 1 aliphatic heterocycles. The molecule has 1 unspecified atom stereocenters. The minimum absolute atomic E-state index is 0.101. The minimum atomic E-state index is -0.102. The van der Waals surface area contributed by atoms with Crippen LogP contribution in [0.1, 0.15) is 18.9 Å². The smallest absolute Gasteiger partial charge is 0.242 e. The SMILES string of the molecule is CCNC(=NCC(=O)NCc1ccc(OC)cc1)N1CCC(COCCOC)C1. The van der Waals surface area contributed by atoms with Gasteiger partial charge in [0.1, 0.15) is 12.3 Å². The van der Waals surface area contributed by atoms with Gasteiger partial charge in [-0.1, -0.05) is 12.1 Å². The van der Waals surface area contributed by atoms with Gasteiger partial charge in [-0.3, -0.25) is 4.79 Å².